The minimum absolute atomic E-state index is 0.0920. The van der Waals surface area contributed by atoms with Gasteiger partial charge < -0.3 is 64.1 Å². The van der Waals surface area contributed by atoms with Gasteiger partial charge in [0, 0.05) is 19.4 Å². The summed E-state index contributed by atoms with van der Waals surface area (Å²) in [5.74, 6) is -7.71. The predicted molar refractivity (Wildman–Crippen MR) is 250 cm³/mol. The first-order valence-corrected chi connectivity index (χ1v) is 23.5. The van der Waals surface area contributed by atoms with E-state index in [1.165, 1.54) is 20.8 Å². The van der Waals surface area contributed by atoms with Crippen LogP contribution in [-0.4, -0.2) is 125 Å². The number of aliphatic hydroxyl groups excluding tert-OH is 2. The molecule has 1 fully saturated rings. The molecule has 7 amide bonds. The molecule has 1 saturated heterocycles. The highest BCUT2D eigenvalue weighted by Gasteiger charge is 2.38. The lowest BCUT2D eigenvalue weighted by Crippen LogP contribution is -2.62. The number of benzene rings is 1. The molecule has 1 aliphatic rings. The van der Waals surface area contributed by atoms with E-state index in [-0.39, 0.29) is 31.6 Å². The Bertz CT molecular complexity index is 1790. The molecule has 2 rings (SSSR count). The van der Waals surface area contributed by atoms with Gasteiger partial charge in [0.05, 0.1) is 18.6 Å². The molecule has 0 saturated carbocycles. The smallest absolute Gasteiger partial charge is 0.328 e. The second-order valence-electron chi connectivity index (χ2n) is 17.7. The van der Waals surface area contributed by atoms with E-state index in [4.69, 9.17) is 21.9 Å². The first-order valence-electron chi connectivity index (χ1n) is 23.5. The van der Waals surface area contributed by atoms with E-state index in [1.54, 1.807) is 44.2 Å². The molecule has 0 aliphatic carbocycles. The van der Waals surface area contributed by atoms with Crippen LogP contribution >= 0.6 is 0 Å². The number of ether oxygens (including phenoxy) is 1. The molecule has 67 heavy (non-hydrogen) atoms. The van der Waals surface area contributed by atoms with Crippen molar-refractivity contribution < 1.29 is 53.3 Å². The molecule has 0 aromatic heterocycles. The second-order valence-corrected chi connectivity index (χ2v) is 17.7. The normalized spacial score (nSPS) is 23.4. The zero-order valence-electron chi connectivity index (χ0n) is 39.7. The number of guanidine groups is 1. The molecule has 1 aromatic carbocycles. The van der Waals surface area contributed by atoms with E-state index in [1.807, 2.05) is 0 Å². The van der Waals surface area contributed by atoms with Crippen LogP contribution in [0, 0.1) is 5.92 Å². The number of nitrogens with one attached hydrogen (secondary N) is 6. The van der Waals surface area contributed by atoms with Gasteiger partial charge in [-0.15, -0.1) is 0 Å². The largest absolute Gasteiger partial charge is 0.458 e. The summed E-state index contributed by atoms with van der Waals surface area (Å²) in [5.41, 5.74) is 16.6. The number of carbonyl (C=O) groups is 8. The van der Waals surface area contributed by atoms with Gasteiger partial charge in [-0.3, -0.25) is 38.6 Å². The van der Waals surface area contributed by atoms with Gasteiger partial charge in [0.15, 0.2) is 5.96 Å². The summed E-state index contributed by atoms with van der Waals surface area (Å²) in [6.07, 6.45) is 5.20. The lowest BCUT2D eigenvalue weighted by Gasteiger charge is -2.30. The fourth-order valence-corrected chi connectivity index (χ4v) is 7.36. The van der Waals surface area contributed by atoms with Crippen molar-refractivity contribution in [2.75, 3.05) is 6.54 Å². The number of unbranched alkanes of at least 4 members (excludes halogenated alkanes) is 9. The van der Waals surface area contributed by atoms with Crippen molar-refractivity contribution in [1.82, 2.24) is 31.9 Å². The van der Waals surface area contributed by atoms with Gasteiger partial charge in [-0.05, 0) is 51.5 Å². The van der Waals surface area contributed by atoms with Gasteiger partial charge in [-0.25, -0.2) is 4.79 Å². The molecule has 0 bridgehead atoms. The third kappa shape index (κ3) is 22.5. The highest BCUT2D eigenvalue weighted by Crippen LogP contribution is 2.15. The molecular weight excluding hydrogens is 869 g/mol. The zero-order valence-corrected chi connectivity index (χ0v) is 39.7. The number of nitrogens with zero attached hydrogens (tertiary/aromatic N) is 1. The topological polar surface area (TPSA) is 349 Å². The van der Waals surface area contributed by atoms with Gasteiger partial charge in [-0.2, -0.15) is 0 Å². The number of aliphatic hydroxyl groups is 2. The van der Waals surface area contributed by atoms with Gasteiger partial charge in [0.2, 0.25) is 41.4 Å². The fraction of sp³-hybridized carbons (Fsp3) is 0.674. The molecule has 9 atom stereocenters. The third-order valence-corrected chi connectivity index (χ3v) is 11.3. The Balaban J connectivity index is 2.31. The van der Waals surface area contributed by atoms with E-state index in [0.717, 1.165) is 57.8 Å². The van der Waals surface area contributed by atoms with Gasteiger partial charge in [0.25, 0.3) is 0 Å². The number of hydrogen-bond donors (Lipinski definition) is 11. The maximum absolute atomic E-state index is 14.1. The Morgan fingerprint density at radius 1 is 0.701 bits per heavy atom. The first kappa shape index (κ1) is 57.3. The summed E-state index contributed by atoms with van der Waals surface area (Å²) in [6, 6.07) is -0.309. The maximum atomic E-state index is 14.1. The molecule has 14 N–H and O–H groups in total. The molecule has 1 aromatic rings. The fourth-order valence-electron chi connectivity index (χ4n) is 7.36. The summed E-state index contributed by atoms with van der Waals surface area (Å²) in [7, 11) is 0. The van der Waals surface area contributed by atoms with E-state index < -0.39 is 108 Å². The van der Waals surface area contributed by atoms with Crippen LogP contribution in [0.1, 0.15) is 130 Å². The van der Waals surface area contributed by atoms with E-state index in [2.05, 4.69) is 36.9 Å². The van der Waals surface area contributed by atoms with Crippen LogP contribution in [0.2, 0.25) is 0 Å². The first-order chi connectivity index (χ1) is 31.7. The lowest BCUT2D eigenvalue weighted by molar-refractivity contribution is -0.155. The number of cyclic esters (lactones) is 1. The number of amides is 7. The molecular formula is C46H76N10O11. The summed E-state index contributed by atoms with van der Waals surface area (Å²) < 4.78 is 5.59. The third-order valence-electron chi connectivity index (χ3n) is 11.3. The van der Waals surface area contributed by atoms with Crippen LogP contribution in [0.3, 0.4) is 0 Å². The number of primary amides is 1. The SMILES string of the molecule is CC(C)[C@H]1NC(=O)[C@@H](NC(=O)C[C@H](O)CCCCCCCCCCCCN=C(N)N)[C@@H](C)OC(=O)[C@@H](C)NC(=O)[C@@H](CCC(N)=O)NC(=O)[C@@H]([C@@H](C)O)NC(=O)[C@H](Cc2ccccc2)NC1=O. The number of nitrogens with two attached hydrogens (primary N) is 3. The molecule has 1 heterocycles. The van der Waals surface area contributed by atoms with Crippen molar-refractivity contribution in [3.63, 3.8) is 0 Å². The van der Waals surface area contributed by atoms with Crippen molar-refractivity contribution in [2.24, 2.45) is 28.1 Å². The highest BCUT2D eigenvalue weighted by atomic mass is 16.5. The minimum Gasteiger partial charge on any atom is -0.458 e. The molecule has 0 spiro atoms. The number of hydrogen-bond acceptors (Lipinski definition) is 12. The van der Waals surface area contributed by atoms with E-state index >= 15 is 0 Å². The predicted octanol–water partition coefficient (Wildman–Crippen LogP) is -0.279. The average Bonchev–Trinajstić information content (AvgIpc) is 3.25. The van der Waals surface area contributed by atoms with Gasteiger partial charge >= 0.3 is 5.97 Å². The van der Waals surface area contributed by atoms with E-state index in [9.17, 15) is 48.6 Å². The number of rotatable bonds is 23. The average molecular weight is 945 g/mol. The lowest BCUT2D eigenvalue weighted by atomic mass is 9.99. The zero-order chi connectivity index (χ0) is 50.1. The van der Waals surface area contributed by atoms with E-state index in [0.29, 0.717) is 24.9 Å². The van der Waals surface area contributed by atoms with Crippen LogP contribution < -0.4 is 49.1 Å². The minimum atomic E-state index is -1.67. The van der Waals surface area contributed by atoms with Crippen molar-refractivity contribution in [2.45, 2.75) is 185 Å². The van der Waals surface area contributed by atoms with Crippen LogP contribution in [0.25, 0.3) is 0 Å². The quantitative estimate of drug-likeness (QED) is 0.0292. The van der Waals surface area contributed by atoms with Crippen LogP contribution in [-0.2, 0) is 49.5 Å². The Labute approximate surface area is 393 Å². The second kappa shape index (κ2) is 30.5. The molecule has 0 radical (unpaired) electrons. The van der Waals surface area contributed by atoms with Gasteiger partial charge in [-0.1, -0.05) is 102 Å². The van der Waals surface area contributed by atoms with Crippen LogP contribution in [0.15, 0.2) is 35.3 Å². The Morgan fingerprint density at radius 2 is 1.24 bits per heavy atom. The molecule has 21 heteroatoms. The van der Waals surface area contributed by atoms with Crippen molar-refractivity contribution in [1.29, 1.82) is 0 Å². The maximum Gasteiger partial charge on any atom is 0.328 e. The van der Waals surface area contributed by atoms with Crippen molar-refractivity contribution >= 4 is 53.3 Å². The summed E-state index contributed by atoms with van der Waals surface area (Å²) in [5, 5.41) is 36.5. The standard InChI is InChI=1S/C46H76N10O11/c1-27(2)37-42(63)53-34(25-31-19-15-14-16-20-31)41(62)56-38(29(4)57)43(64)52-33(22-23-35(47)59)40(61)51-28(3)45(66)67-30(5)39(44(65)55-37)54-36(60)26-32(58)21-17-12-10-8-6-7-9-11-13-18-24-50-46(48)49/h14-16,19-20,27-30,32-34,37-39,57-58H,6-13,17-18,21-26H2,1-5H3,(H2,47,59)(H,51,61)(H,52,64)(H,53,63)(H,54,60)(H,55,65)(H,56,62)(H4,48,49,50)/t28-,29-,30-,32-,33-,34+,37-,38-,39+/m1/s1. The molecule has 1 aliphatic heterocycles. The number of carbonyl (C=O) groups excluding carboxylic acids is 8. The van der Waals surface area contributed by atoms with Gasteiger partial charge in [0.1, 0.15) is 42.4 Å². The molecule has 21 nitrogen and oxygen atoms in total. The Morgan fingerprint density at radius 3 is 1.81 bits per heavy atom. The number of aliphatic imine (C=N–C) groups is 1. The Kier molecular flexibility index (Phi) is 26.0. The Hall–Kier alpha value is -5.83. The summed E-state index contributed by atoms with van der Waals surface area (Å²) in [6.45, 7) is 7.71. The van der Waals surface area contributed by atoms with Crippen LogP contribution in [0.5, 0.6) is 0 Å². The highest BCUT2D eigenvalue weighted by molar-refractivity contribution is 5.97. The summed E-state index contributed by atoms with van der Waals surface area (Å²) in [4.78, 5) is 112. The van der Waals surface area contributed by atoms with Crippen molar-refractivity contribution in [3.8, 4) is 0 Å². The molecule has 0 unspecified atom stereocenters. The molecule has 376 valence electrons. The van der Waals surface area contributed by atoms with Crippen molar-refractivity contribution in [3.05, 3.63) is 35.9 Å². The summed E-state index contributed by atoms with van der Waals surface area (Å²) >= 11 is 0. The number of esters is 1. The monoisotopic (exact) mass is 945 g/mol. The van der Waals surface area contributed by atoms with Crippen LogP contribution in [0.4, 0.5) is 0 Å².